The maximum Gasteiger partial charge on any atom is 0.0600 e. The molecule has 10 heteroatoms. The first-order valence-corrected chi connectivity index (χ1v) is 8.26. The molecule has 18 heavy (non-hydrogen) atoms. The molecule has 0 aliphatic heterocycles. The van der Waals surface area contributed by atoms with Crippen LogP contribution in [0.1, 0.15) is 42.5 Å². The van der Waals surface area contributed by atoms with Crippen molar-refractivity contribution in [2.45, 2.75) is 54.8 Å². The van der Waals surface area contributed by atoms with Crippen molar-refractivity contribution in [3.63, 3.8) is 0 Å². The Morgan fingerprint density at radius 2 is 1.17 bits per heavy atom. The van der Waals surface area contributed by atoms with Gasteiger partial charge < -0.3 is 33.2 Å². The molecule has 0 saturated carbocycles. The summed E-state index contributed by atoms with van der Waals surface area (Å²) in [5, 5.41) is 0. The molecule has 0 saturated heterocycles. The lowest BCUT2D eigenvalue weighted by molar-refractivity contribution is -0.344. The summed E-state index contributed by atoms with van der Waals surface area (Å²) < 4.78 is 17.8. The highest BCUT2D eigenvalue weighted by Crippen LogP contribution is 2.27. The molecule has 0 aliphatic carbocycles. The Labute approximate surface area is 115 Å². The van der Waals surface area contributed by atoms with Crippen LogP contribution in [0.15, 0.2) is 0 Å². The molecule has 0 radical (unpaired) electrons. The van der Waals surface area contributed by atoms with Crippen LogP contribution >= 0.6 is 14.5 Å². The third kappa shape index (κ3) is 36.0. The minimum Gasteiger partial charge on any atom is -0.812 e. The maximum atomic E-state index is 10.1. The Balaban J connectivity index is -0.0000000980. The molecule has 0 atom stereocenters. The monoisotopic (exact) mass is 324 g/mol. The Morgan fingerprint density at radius 3 is 1.17 bits per heavy atom. The van der Waals surface area contributed by atoms with E-state index in [9.17, 15) is 24.1 Å². The van der Waals surface area contributed by atoms with Crippen molar-refractivity contribution in [1.29, 1.82) is 0 Å². The van der Waals surface area contributed by atoms with Gasteiger partial charge in [0.15, 0.2) is 0 Å². The summed E-state index contributed by atoms with van der Waals surface area (Å²) >= 11 is 3.94. The van der Waals surface area contributed by atoms with Crippen LogP contribution < -0.4 is 19.6 Å². The number of phosphoric acid groups is 1. The molecule has 0 aromatic carbocycles. The summed E-state index contributed by atoms with van der Waals surface area (Å²) in [5.74, 6) is 0. The zero-order valence-corrected chi connectivity index (χ0v) is 11.9. The van der Waals surface area contributed by atoms with Gasteiger partial charge in [-0.15, -0.1) is 11.8 Å². The lowest BCUT2D eigenvalue weighted by Gasteiger charge is -2.35. The topological polar surface area (TPSA) is 128 Å². The average molecular weight is 324 g/mol. The summed E-state index contributed by atoms with van der Waals surface area (Å²) in [5.41, 5.74) is 0. The molecular weight excluding hydrogens is 302 g/mol. The highest BCUT2D eigenvalue weighted by Gasteiger charge is 1.93. The number of hydrogen-bond acceptors (Lipinski definition) is 8. The molecule has 0 rings (SSSR count). The molecular formula is C8H22O7P2S-4. The van der Waals surface area contributed by atoms with Crippen molar-refractivity contribution < 1.29 is 33.2 Å². The van der Waals surface area contributed by atoms with Gasteiger partial charge in [0, 0.05) is 0 Å². The molecule has 0 aromatic rings. The van der Waals surface area contributed by atoms with Crippen LogP contribution in [-0.4, -0.2) is 12.2 Å². The second-order valence-corrected chi connectivity index (χ2v) is 6.75. The van der Waals surface area contributed by atoms with Crippen LogP contribution in [0.5, 0.6) is 0 Å². The van der Waals surface area contributed by atoms with Crippen LogP contribution in [0.2, 0.25) is 0 Å². The zero-order valence-electron chi connectivity index (χ0n) is 9.32. The van der Waals surface area contributed by atoms with Crippen molar-refractivity contribution in [3.8, 4) is 0 Å². The molecule has 0 amide bonds. The zero-order chi connectivity index (χ0) is 13.6. The van der Waals surface area contributed by atoms with Crippen molar-refractivity contribution in [2.75, 3.05) is 0 Å². The van der Waals surface area contributed by atoms with Gasteiger partial charge >= 0.3 is 0 Å². The fraction of sp³-hybridized carbons (Fsp3) is 1.00. The van der Waals surface area contributed by atoms with Crippen LogP contribution in [0.25, 0.3) is 0 Å². The second-order valence-electron chi connectivity index (χ2n) is 3.20. The van der Waals surface area contributed by atoms with Gasteiger partial charge in [0.1, 0.15) is 0 Å². The average Bonchev–Trinajstić information content (AvgIpc) is 1.72. The van der Waals surface area contributed by atoms with E-state index in [1.807, 2.05) is 0 Å². The first-order valence-electron chi connectivity index (χ1n) is 4.24. The van der Waals surface area contributed by atoms with Gasteiger partial charge in [-0.3, -0.25) is 0 Å². The summed E-state index contributed by atoms with van der Waals surface area (Å²) in [4.78, 5) is 39.5. The number of hydrogen-bond donors (Lipinski definition) is 0. The molecule has 0 N–H and O–H groups in total. The minimum absolute atomic E-state index is 0. The fourth-order valence-corrected chi connectivity index (χ4v) is 2.07. The largest absolute Gasteiger partial charge is 0.812 e. The molecule has 116 valence electrons. The molecule has 0 heterocycles. The normalized spacial score (nSPS) is 11.2. The van der Waals surface area contributed by atoms with Crippen LogP contribution in [0.3, 0.4) is 0 Å². The predicted molar refractivity (Wildman–Crippen MR) is 67.8 cm³/mol. The SMILES string of the molecule is C.C.CC(C)OP(=O)([O-])[O-].CC(C)OP([O-])([O-])=S. The maximum absolute atomic E-state index is 10.1. The lowest BCUT2D eigenvalue weighted by atomic mass is 10.5. The minimum atomic E-state index is -4.72. The van der Waals surface area contributed by atoms with Crippen LogP contribution in [0, 0.1) is 0 Å². The molecule has 7 nitrogen and oxygen atoms in total. The molecule has 0 bridgehead atoms. The van der Waals surface area contributed by atoms with E-state index >= 15 is 0 Å². The number of phosphoric ester groups is 1. The highest BCUT2D eigenvalue weighted by molar-refractivity contribution is 8.05. The van der Waals surface area contributed by atoms with Crippen molar-refractivity contribution >= 4 is 26.3 Å². The molecule has 0 spiro atoms. The molecule has 0 fully saturated rings. The van der Waals surface area contributed by atoms with E-state index in [4.69, 9.17) is 0 Å². The summed E-state index contributed by atoms with van der Waals surface area (Å²) in [6, 6.07) is 0. The van der Waals surface area contributed by atoms with Crippen molar-refractivity contribution in [3.05, 3.63) is 0 Å². The Bertz CT molecular complexity index is 243. The first kappa shape index (κ1) is 27.1. The van der Waals surface area contributed by atoms with Gasteiger partial charge in [-0.05, 0) is 27.7 Å². The molecule has 0 aromatic heterocycles. The number of rotatable bonds is 4. The third-order valence-corrected chi connectivity index (χ3v) is 2.30. The summed E-state index contributed by atoms with van der Waals surface area (Å²) in [7, 11) is -4.72. The smallest absolute Gasteiger partial charge is 0.0600 e. The Kier molecular flexibility index (Phi) is 17.2. The van der Waals surface area contributed by atoms with E-state index in [1.54, 1.807) is 13.8 Å². The van der Waals surface area contributed by atoms with Gasteiger partial charge in [0.05, 0.1) is 20.0 Å². The van der Waals surface area contributed by atoms with Gasteiger partial charge in [0.2, 0.25) is 0 Å². The molecule has 0 aliphatic rings. The van der Waals surface area contributed by atoms with Crippen molar-refractivity contribution in [1.82, 2.24) is 0 Å². The van der Waals surface area contributed by atoms with Crippen LogP contribution in [-0.2, 0) is 25.4 Å². The third-order valence-electron chi connectivity index (χ3n) is 0.680. The fourth-order valence-electron chi connectivity index (χ4n) is 0.516. The summed E-state index contributed by atoms with van der Waals surface area (Å²) in [6.07, 6.45) is -0.883. The van der Waals surface area contributed by atoms with Gasteiger partial charge in [-0.25, -0.2) is 0 Å². The van der Waals surface area contributed by atoms with E-state index < -0.39 is 20.6 Å². The quantitative estimate of drug-likeness (QED) is 0.654. The van der Waals surface area contributed by atoms with E-state index in [2.05, 4.69) is 20.9 Å². The van der Waals surface area contributed by atoms with Crippen molar-refractivity contribution in [2.24, 2.45) is 0 Å². The molecule has 0 unspecified atom stereocenters. The Hall–Kier alpha value is 0.640. The van der Waals surface area contributed by atoms with E-state index in [0.717, 1.165) is 0 Å². The van der Waals surface area contributed by atoms with Gasteiger partial charge in [0.25, 0.3) is 0 Å². The summed E-state index contributed by atoms with van der Waals surface area (Å²) in [6.45, 7) is 2.28. The van der Waals surface area contributed by atoms with Gasteiger partial charge in [-0.1, -0.05) is 21.6 Å². The van der Waals surface area contributed by atoms with E-state index in [1.165, 1.54) is 13.8 Å². The Morgan fingerprint density at radius 1 is 0.889 bits per heavy atom. The predicted octanol–water partition coefficient (Wildman–Crippen LogP) is -0.131. The lowest BCUT2D eigenvalue weighted by Crippen LogP contribution is -2.19. The first-order chi connectivity index (χ1) is 6.83. The second kappa shape index (κ2) is 11.5. The van der Waals surface area contributed by atoms with E-state index in [-0.39, 0.29) is 21.0 Å². The van der Waals surface area contributed by atoms with Crippen LogP contribution in [0.4, 0.5) is 0 Å². The standard InChI is InChI=1S/C3H9O4P.C3H9O3PS.2CH4/c1-3(2)7-8(4,5)6;1-3(2)6-7(4,5)8;;/h3H,1-2H3,(H2,4,5,6);3H,1-2H3,(H2,4,5,8);2*1H4/p-4. The van der Waals surface area contributed by atoms with Gasteiger partial charge in [-0.2, -0.15) is 0 Å². The highest BCUT2D eigenvalue weighted by atomic mass is 32.5. The van der Waals surface area contributed by atoms with E-state index in [0.29, 0.717) is 0 Å².